The molecule has 0 bridgehead atoms. The average Bonchev–Trinajstić information content (AvgIpc) is 2.89. The maximum absolute atomic E-state index is 11.4. The number of rotatable bonds is 3. The van der Waals surface area contributed by atoms with Crippen LogP contribution in [0.2, 0.25) is 0 Å². The Hall–Kier alpha value is -1.36. The minimum Gasteiger partial charge on any atom is -0.397 e. The number of anilines is 3. The summed E-state index contributed by atoms with van der Waals surface area (Å²) in [5.41, 5.74) is 9.83. The second kappa shape index (κ2) is 5.33. The highest BCUT2D eigenvalue weighted by molar-refractivity contribution is 7.99. The maximum Gasteiger partial charge on any atom is 0.224 e. The van der Waals surface area contributed by atoms with Crippen molar-refractivity contribution < 1.29 is 4.79 Å². The zero-order valence-corrected chi connectivity index (χ0v) is 11.7. The number of hydrogen-bond donors (Lipinski definition) is 3. The molecule has 5 heteroatoms. The Kier molecular flexibility index (Phi) is 3.55. The van der Waals surface area contributed by atoms with Gasteiger partial charge in [0.25, 0.3) is 0 Å². The second-order valence-electron chi connectivity index (χ2n) is 5.26. The molecule has 2 aliphatic rings. The van der Waals surface area contributed by atoms with Gasteiger partial charge in [-0.3, -0.25) is 4.79 Å². The first-order valence-corrected chi connectivity index (χ1v) is 7.91. The van der Waals surface area contributed by atoms with E-state index in [0.717, 1.165) is 30.3 Å². The SMILES string of the molecule is Nc1cc2c(cc1NCC1CCSC1)CCC(=O)N2. The van der Waals surface area contributed by atoms with E-state index in [1.165, 1.54) is 23.5 Å². The summed E-state index contributed by atoms with van der Waals surface area (Å²) in [6.45, 7) is 0.988. The largest absolute Gasteiger partial charge is 0.397 e. The summed E-state index contributed by atoms with van der Waals surface area (Å²) in [5, 5.41) is 6.34. The molecule has 1 fully saturated rings. The number of aryl methyl sites for hydroxylation is 1. The first-order chi connectivity index (χ1) is 9.22. The van der Waals surface area contributed by atoms with Crippen molar-refractivity contribution in [1.29, 1.82) is 0 Å². The van der Waals surface area contributed by atoms with E-state index < -0.39 is 0 Å². The summed E-state index contributed by atoms with van der Waals surface area (Å²) >= 11 is 2.03. The third-order valence-corrected chi connectivity index (χ3v) is 5.01. The van der Waals surface area contributed by atoms with Gasteiger partial charge in [0.1, 0.15) is 0 Å². The molecule has 1 amide bonds. The van der Waals surface area contributed by atoms with Crippen LogP contribution in [0.5, 0.6) is 0 Å². The zero-order chi connectivity index (χ0) is 13.2. The number of nitrogens with one attached hydrogen (secondary N) is 2. The Morgan fingerprint density at radius 2 is 2.32 bits per heavy atom. The first-order valence-electron chi connectivity index (χ1n) is 6.76. The molecular formula is C14H19N3OS. The molecule has 1 saturated heterocycles. The number of nitrogen functional groups attached to an aromatic ring is 1. The van der Waals surface area contributed by atoms with Gasteiger partial charge >= 0.3 is 0 Å². The number of carbonyl (C=O) groups excluding carboxylic acids is 1. The Bertz CT molecular complexity index is 498. The lowest BCUT2D eigenvalue weighted by Gasteiger charge is -2.20. The molecule has 0 saturated carbocycles. The molecule has 19 heavy (non-hydrogen) atoms. The van der Waals surface area contributed by atoms with E-state index in [4.69, 9.17) is 5.73 Å². The summed E-state index contributed by atoms with van der Waals surface area (Å²) < 4.78 is 0. The molecule has 4 N–H and O–H groups in total. The van der Waals surface area contributed by atoms with Gasteiger partial charge in [0.05, 0.1) is 11.4 Å². The highest BCUT2D eigenvalue weighted by atomic mass is 32.2. The average molecular weight is 277 g/mol. The van der Waals surface area contributed by atoms with Crippen molar-refractivity contribution in [2.75, 3.05) is 34.4 Å². The van der Waals surface area contributed by atoms with Crippen molar-refractivity contribution in [3.05, 3.63) is 17.7 Å². The van der Waals surface area contributed by atoms with Gasteiger partial charge in [-0.25, -0.2) is 0 Å². The molecule has 0 aliphatic carbocycles. The number of thioether (sulfide) groups is 1. The predicted molar refractivity (Wildman–Crippen MR) is 81.7 cm³/mol. The summed E-state index contributed by atoms with van der Waals surface area (Å²) in [7, 11) is 0. The minimum absolute atomic E-state index is 0.0792. The molecule has 1 aromatic carbocycles. The van der Waals surface area contributed by atoms with Gasteiger partial charge in [0.15, 0.2) is 0 Å². The molecule has 2 heterocycles. The van der Waals surface area contributed by atoms with Crippen LogP contribution in [0.3, 0.4) is 0 Å². The molecule has 1 atom stereocenters. The van der Waals surface area contributed by atoms with Crippen LogP contribution in [-0.4, -0.2) is 24.0 Å². The monoisotopic (exact) mass is 277 g/mol. The molecule has 0 spiro atoms. The van der Waals surface area contributed by atoms with Crippen molar-refractivity contribution in [1.82, 2.24) is 0 Å². The Labute approximate surface area is 117 Å². The van der Waals surface area contributed by atoms with Crippen LogP contribution in [0.4, 0.5) is 17.1 Å². The molecule has 102 valence electrons. The number of nitrogens with two attached hydrogens (primary N) is 1. The van der Waals surface area contributed by atoms with Gasteiger partial charge in [0.2, 0.25) is 5.91 Å². The van der Waals surface area contributed by atoms with E-state index in [0.29, 0.717) is 12.1 Å². The number of amides is 1. The van der Waals surface area contributed by atoms with Gasteiger partial charge in [-0.15, -0.1) is 0 Å². The van der Waals surface area contributed by atoms with Crippen LogP contribution < -0.4 is 16.4 Å². The Morgan fingerprint density at radius 1 is 1.42 bits per heavy atom. The topological polar surface area (TPSA) is 67.1 Å². The molecular weight excluding hydrogens is 258 g/mol. The van der Waals surface area contributed by atoms with E-state index in [1.54, 1.807) is 0 Å². The van der Waals surface area contributed by atoms with Crippen molar-refractivity contribution in [2.45, 2.75) is 19.3 Å². The summed E-state index contributed by atoms with van der Waals surface area (Å²) in [5.74, 6) is 3.35. The lowest BCUT2D eigenvalue weighted by atomic mass is 10.0. The fraction of sp³-hybridized carbons (Fsp3) is 0.500. The fourth-order valence-corrected chi connectivity index (χ4v) is 3.88. The van der Waals surface area contributed by atoms with Crippen LogP contribution in [-0.2, 0) is 11.2 Å². The standard InChI is InChI=1S/C14H19N3OS/c15-11-6-12-10(1-2-14(18)17-12)5-13(11)16-7-9-3-4-19-8-9/h5-6,9,16H,1-4,7-8,15H2,(H,17,18). The molecule has 1 aromatic rings. The Balaban J connectivity index is 1.72. The van der Waals surface area contributed by atoms with Crippen molar-refractivity contribution >= 4 is 34.7 Å². The minimum atomic E-state index is 0.0792. The van der Waals surface area contributed by atoms with Gasteiger partial charge < -0.3 is 16.4 Å². The van der Waals surface area contributed by atoms with Crippen LogP contribution >= 0.6 is 11.8 Å². The molecule has 4 nitrogen and oxygen atoms in total. The second-order valence-corrected chi connectivity index (χ2v) is 6.41. The number of benzene rings is 1. The molecule has 0 radical (unpaired) electrons. The van der Waals surface area contributed by atoms with Crippen LogP contribution in [0, 0.1) is 5.92 Å². The highest BCUT2D eigenvalue weighted by Crippen LogP contribution is 2.32. The number of fused-ring (bicyclic) bond motifs is 1. The van der Waals surface area contributed by atoms with Gasteiger partial charge in [-0.2, -0.15) is 11.8 Å². The highest BCUT2D eigenvalue weighted by Gasteiger charge is 2.18. The molecule has 1 unspecified atom stereocenters. The van der Waals surface area contributed by atoms with E-state index >= 15 is 0 Å². The zero-order valence-electron chi connectivity index (χ0n) is 10.9. The summed E-state index contributed by atoms with van der Waals surface area (Å²) in [6.07, 6.45) is 2.66. The van der Waals surface area contributed by atoms with Crippen molar-refractivity contribution in [3.63, 3.8) is 0 Å². The molecule has 2 aliphatic heterocycles. The third kappa shape index (κ3) is 2.81. The third-order valence-electron chi connectivity index (χ3n) is 3.78. The van der Waals surface area contributed by atoms with Crippen LogP contribution in [0.15, 0.2) is 12.1 Å². The Morgan fingerprint density at radius 3 is 3.11 bits per heavy atom. The van der Waals surface area contributed by atoms with Crippen LogP contribution in [0.1, 0.15) is 18.4 Å². The van der Waals surface area contributed by atoms with Gasteiger partial charge in [-0.05, 0) is 48.0 Å². The van der Waals surface area contributed by atoms with E-state index in [1.807, 2.05) is 17.8 Å². The van der Waals surface area contributed by atoms with E-state index in [2.05, 4.69) is 16.7 Å². The normalized spacial score (nSPS) is 21.9. The lowest BCUT2D eigenvalue weighted by molar-refractivity contribution is -0.116. The van der Waals surface area contributed by atoms with Gasteiger partial charge in [0, 0.05) is 18.7 Å². The molecule has 3 rings (SSSR count). The van der Waals surface area contributed by atoms with Crippen LogP contribution in [0.25, 0.3) is 0 Å². The van der Waals surface area contributed by atoms with E-state index in [9.17, 15) is 4.79 Å². The number of carbonyl (C=O) groups is 1. The quantitative estimate of drug-likeness (QED) is 0.742. The smallest absolute Gasteiger partial charge is 0.224 e. The predicted octanol–water partition coefficient (Wildman–Crippen LogP) is 2.32. The first kappa shape index (κ1) is 12.7. The van der Waals surface area contributed by atoms with Crippen molar-refractivity contribution in [3.8, 4) is 0 Å². The van der Waals surface area contributed by atoms with Gasteiger partial charge in [-0.1, -0.05) is 0 Å². The lowest BCUT2D eigenvalue weighted by Crippen LogP contribution is -2.20. The maximum atomic E-state index is 11.4. The number of hydrogen-bond acceptors (Lipinski definition) is 4. The molecule has 0 aromatic heterocycles. The van der Waals surface area contributed by atoms with Crippen molar-refractivity contribution in [2.24, 2.45) is 5.92 Å². The van der Waals surface area contributed by atoms with E-state index in [-0.39, 0.29) is 5.91 Å². The fourth-order valence-electron chi connectivity index (χ4n) is 2.60. The summed E-state index contributed by atoms with van der Waals surface area (Å²) in [6, 6.07) is 3.96. The summed E-state index contributed by atoms with van der Waals surface area (Å²) in [4.78, 5) is 11.4.